The molecule has 6 heteroatoms. The lowest BCUT2D eigenvalue weighted by atomic mass is 9.99. The maximum atomic E-state index is 14.1. The first-order valence-electron chi connectivity index (χ1n) is 10.3. The molecule has 5 nitrogen and oxygen atoms in total. The van der Waals surface area contributed by atoms with Crippen LogP contribution in [-0.4, -0.2) is 54.3 Å². The van der Waals surface area contributed by atoms with Crippen LogP contribution in [0, 0.1) is 5.82 Å². The molecule has 2 aliphatic rings. The van der Waals surface area contributed by atoms with E-state index in [0.717, 1.165) is 18.4 Å². The number of nitrogens with zero attached hydrogens (tertiary/aromatic N) is 3. The van der Waals surface area contributed by atoms with E-state index in [0.29, 0.717) is 44.8 Å². The standard InChI is InChI=1S/C23H26FN3O2/c24-19-10-4-5-11-20(19)25-14-16-26(17-15-25)23(29)22(18-8-2-1-3-9-18)27-13-7-6-12-21(27)28/h1-5,8-11,22H,6-7,12-17H2. The molecule has 2 fully saturated rings. The predicted molar refractivity (Wildman–Crippen MR) is 110 cm³/mol. The summed E-state index contributed by atoms with van der Waals surface area (Å²) in [7, 11) is 0. The molecule has 0 bridgehead atoms. The fraction of sp³-hybridized carbons (Fsp3) is 0.391. The predicted octanol–water partition coefficient (Wildman–Crippen LogP) is 3.23. The van der Waals surface area contributed by atoms with Gasteiger partial charge < -0.3 is 14.7 Å². The first-order chi connectivity index (χ1) is 14.1. The van der Waals surface area contributed by atoms with Crippen molar-refractivity contribution < 1.29 is 14.0 Å². The molecule has 0 spiro atoms. The van der Waals surface area contributed by atoms with Gasteiger partial charge in [-0.1, -0.05) is 42.5 Å². The third kappa shape index (κ3) is 4.11. The molecule has 0 aromatic heterocycles. The summed E-state index contributed by atoms with van der Waals surface area (Å²) in [6.07, 6.45) is 2.30. The fourth-order valence-electron chi connectivity index (χ4n) is 4.24. The number of anilines is 1. The summed E-state index contributed by atoms with van der Waals surface area (Å²) >= 11 is 0. The van der Waals surface area contributed by atoms with E-state index in [1.54, 1.807) is 17.0 Å². The van der Waals surface area contributed by atoms with Crippen molar-refractivity contribution in [2.24, 2.45) is 0 Å². The maximum absolute atomic E-state index is 14.1. The van der Waals surface area contributed by atoms with Gasteiger partial charge in [0.1, 0.15) is 11.9 Å². The number of para-hydroxylation sites is 1. The van der Waals surface area contributed by atoms with Crippen LogP contribution in [0.15, 0.2) is 54.6 Å². The van der Waals surface area contributed by atoms with Gasteiger partial charge in [-0.15, -0.1) is 0 Å². The Balaban J connectivity index is 1.51. The molecule has 29 heavy (non-hydrogen) atoms. The highest BCUT2D eigenvalue weighted by Crippen LogP contribution is 2.28. The second kappa shape index (κ2) is 8.64. The summed E-state index contributed by atoms with van der Waals surface area (Å²) < 4.78 is 14.1. The Labute approximate surface area is 170 Å². The van der Waals surface area contributed by atoms with E-state index in [2.05, 4.69) is 0 Å². The third-order valence-corrected chi connectivity index (χ3v) is 5.81. The lowest BCUT2D eigenvalue weighted by Gasteiger charge is -2.41. The van der Waals surface area contributed by atoms with Gasteiger partial charge in [-0.05, 0) is 30.5 Å². The van der Waals surface area contributed by atoms with Crippen LogP contribution in [0.5, 0.6) is 0 Å². The van der Waals surface area contributed by atoms with Gasteiger partial charge in [-0.25, -0.2) is 4.39 Å². The van der Waals surface area contributed by atoms with Crippen LogP contribution in [0.25, 0.3) is 0 Å². The highest BCUT2D eigenvalue weighted by molar-refractivity contribution is 5.89. The lowest BCUT2D eigenvalue weighted by molar-refractivity contribution is -0.148. The molecule has 2 saturated heterocycles. The Morgan fingerprint density at radius 2 is 1.55 bits per heavy atom. The van der Waals surface area contributed by atoms with E-state index in [4.69, 9.17) is 0 Å². The molecule has 1 atom stereocenters. The SMILES string of the molecule is O=C(C(c1ccccc1)N1CCCCC1=O)N1CCN(c2ccccc2F)CC1. The number of rotatable bonds is 4. The molecule has 4 rings (SSSR count). The molecule has 2 amide bonds. The second-order valence-corrected chi connectivity index (χ2v) is 7.62. The zero-order chi connectivity index (χ0) is 20.2. The van der Waals surface area contributed by atoms with Crippen LogP contribution >= 0.6 is 0 Å². The Kier molecular flexibility index (Phi) is 5.79. The number of halogens is 1. The highest BCUT2D eigenvalue weighted by Gasteiger charge is 2.36. The van der Waals surface area contributed by atoms with E-state index in [9.17, 15) is 14.0 Å². The average Bonchev–Trinajstić information content (AvgIpc) is 2.76. The molecular weight excluding hydrogens is 369 g/mol. The number of carbonyl (C=O) groups excluding carboxylic acids is 2. The fourth-order valence-corrected chi connectivity index (χ4v) is 4.24. The number of piperazine rings is 1. The van der Waals surface area contributed by atoms with Crippen LogP contribution in [0.4, 0.5) is 10.1 Å². The van der Waals surface area contributed by atoms with Crippen LogP contribution in [0.2, 0.25) is 0 Å². The smallest absolute Gasteiger partial charge is 0.250 e. The second-order valence-electron chi connectivity index (χ2n) is 7.62. The summed E-state index contributed by atoms with van der Waals surface area (Å²) in [6, 6.07) is 15.7. The zero-order valence-corrected chi connectivity index (χ0v) is 16.5. The topological polar surface area (TPSA) is 43.9 Å². The number of piperidine rings is 1. The average molecular weight is 395 g/mol. The minimum atomic E-state index is -0.580. The summed E-state index contributed by atoms with van der Waals surface area (Å²) in [5.74, 6) is -0.239. The minimum Gasteiger partial charge on any atom is -0.366 e. The van der Waals surface area contributed by atoms with Gasteiger partial charge in [0.25, 0.3) is 0 Å². The lowest BCUT2D eigenvalue weighted by Crippen LogP contribution is -2.53. The van der Waals surface area contributed by atoms with E-state index in [-0.39, 0.29) is 17.6 Å². The number of hydrogen-bond donors (Lipinski definition) is 0. The normalized spacial score (nSPS) is 18.7. The molecule has 2 aliphatic heterocycles. The molecule has 0 saturated carbocycles. The third-order valence-electron chi connectivity index (χ3n) is 5.81. The van der Waals surface area contributed by atoms with Gasteiger partial charge in [0, 0.05) is 39.1 Å². The van der Waals surface area contributed by atoms with Crippen molar-refractivity contribution in [2.45, 2.75) is 25.3 Å². The van der Waals surface area contributed by atoms with Gasteiger partial charge in [0.2, 0.25) is 11.8 Å². The first kappa shape index (κ1) is 19.4. The molecule has 2 heterocycles. The number of benzene rings is 2. The molecule has 0 radical (unpaired) electrons. The zero-order valence-electron chi connectivity index (χ0n) is 16.5. The molecule has 2 aromatic rings. The van der Waals surface area contributed by atoms with Crippen molar-refractivity contribution in [1.82, 2.24) is 9.80 Å². The number of likely N-dealkylation sites (tertiary alicyclic amines) is 1. The Hall–Kier alpha value is -2.89. The number of amides is 2. The van der Waals surface area contributed by atoms with Crippen molar-refractivity contribution in [3.8, 4) is 0 Å². The van der Waals surface area contributed by atoms with Gasteiger partial charge in [-0.3, -0.25) is 9.59 Å². The monoisotopic (exact) mass is 395 g/mol. The number of hydrogen-bond acceptors (Lipinski definition) is 3. The molecule has 0 N–H and O–H groups in total. The van der Waals surface area contributed by atoms with Gasteiger partial charge in [0.15, 0.2) is 0 Å². The molecular formula is C23H26FN3O2. The Bertz CT molecular complexity index is 865. The quantitative estimate of drug-likeness (QED) is 0.798. The van der Waals surface area contributed by atoms with Gasteiger partial charge >= 0.3 is 0 Å². The van der Waals surface area contributed by atoms with Crippen LogP contribution in [0.3, 0.4) is 0 Å². The molecule has 152 valence electrons. The van der Waals surface area contributed by atoms with E-state index < -0.39 is 6.04 Å². The largest absolute Gasteiger partial charge is 0.366 e. The maximum Gasteiger partial charge on any atom is 0.250 e. The minimum absolute atomic E-state index is 0.0420. The molecule has 2 aromatic carbocycles. The van der Waals surface area contributed by atoms with Crippen LogP contribution in [-0.2, 0) is 9.59 Å². The number of carbonyl (C=O) groups is 2. The van der Waals surface area contributed by atoms with E-state index >= 15 is 0 Å². The Morgan fingerprint density at radius 1 is 0.862 bits per heavy atom. The van der Waals surface area contributed by atoms with Gasteiger partial charge in [-0.2, -0.15) is 0 Å². The van der Waals surface area contributed by atoms with E-state index in [1.165, 1.54) is 6.07 Å². The van der Waals surface area contributed by atoms with Crippen LogP contribution in [0.1, 0.15) is 30.9 Å². The van der Waals surface area contributed by atoms with Crippen molar-refractivity contribution in [3.05, 3.63) is 66.0 Å². The highest BCUT2D eigenvalue weighted by atomic mass is 19.1. The van der Waals surface area contributed by atoms with Crippen molar-refractivity contribution in [3.63, 3.8) is 0 Å². The van der Waals surface area contributed by atoms with Crippen molar-refractivity contribution >= 4 is 17.5 Å². The molecule has 1 unspecified atom stereocenters. The first-order valence-corrected chi connectivity index (χ1v) is 10.3. The Morgan fingerprint density at radius 3 is 2.24 bits per heavy atom. The summed E-state index contributed by atoms with van der Waals surface area (Å²) in [5.41, 5.74) is 1.43. The molecule has 0 aliphatic carbocycles. The summed E-state index contributed by atoms with van der Waals surface area (Å²) in [4.78, 5) is 31.6. The van der Waals surface area contributed by atoms with Crippen LogP contribution < -0.4 is 4.90 Å². The van der Waals surface area contributed by atoms with Crippen molar-refractivity contribution in [1.29, 1.82) is 0 Å². The summed E-state index contributed by atoms with van der Waals surface area (Å²) in [5, 5.41) is 0. The van der Waals surface area contributed by atoms with E-state index in [1.807, 2.05) is 46.2 Å². The summed E-state index contributed by atoms with van der Waals surface area (Å²) in [6.45, 7) is 2.78. The van der Waals surface area contributed by atoms with Crippen molar-refractivity contribution in [2.75, 3.05) is 37.6 Å². The van der Waals surface area contributed by atoms with Gasteiger partial charge in [0.05, 0.1) is 5.69 Å².